The van der Waals surface area contributed by atoms with Gasteiger partial charge in [0.05, 0.1) is 23.8 Å². The summed E-state index contributed by atoms with van der Waals surface area (Å²) in [6.45, 7) is -3.45. The number of aliphatic carboxylic acids is 1. The third-order valence-corrected chi connectivity index (χ3v) is 6.74. The molecule has 2 N–H and O–H groups in total. The van der Waals surface area contributed by atoms with E-state index in [0.29, 0.717) is 5.56 Å². The molecule has 0 aromatic heterocycles. The lowest BCUT2D eigenvalue weighted by Gasteiger charge is -2.40. The van der Waals surface area contributed by atoms with E-state index in [0.717, 1.165) is 12.1 Å². The Hall–Kier alpha value is -3.68. The smallest absolute Gasteiger partial charge is 0.460 e. The number of halogens is 14. The van der Waals surface area contributed by atoms with Gasteiger partial charge in [-0.1, -0.05) is 35.9 Å². The summed E-state index contributed by atoms with van der Waals surface area (Å²) < 4.78 is 188. The molecule has 21 heteroatoms. The molecule has 1 atom stereocenters. The lowest BCUT2D eigenvalue weighted by molar-refractivity contribution is -0.439. The number of nitrogens with one attached hydrogen (secondary N) is 1. The molecular formula is C27H24ClF13N2O5. The van der Waals surface area contributed by atoms with E-state index in [-0.39, 0.29) is 34.4 Å². The van der Waals surface area contributed by atoms with Gasteiger partial charge >= 0.3 is 47.8 Å². The average molecular weight is 739 g/mol. The van der Waals surface area contributed by atoms with Crippen molar-refractivity contribution in [3.63, 3.8) is 0 Å². The van der Waals surface area contributed by atoms with Crippen molar-refractivity contribution in [1.82, 2.24) is 4.90 Å². The number of hydrogen-bond donors (Lipinski definition) is 2. The van der Waals surface area contributed by atoms with Crippen LogP contribution in [0.2, 0.25) is 5.02 Å². The maximum atomic E-state index is 14.7. The van der Waals surface area contributed by atoms with Gasteiger partial charge in [-0.2, -0.15) is 57.1 Å². The molecule has 0 fully saturated rings. The first-order valence-electron chi connectivity index (χ1n) is 13.2. The summed E-state index contributed by atoms with van der Waals surface area (Å²) in [5, 5.41) is 10.8. The van der Waals surface area contributed by atoms with Crippen molar-refractivity contribution < 1.29 is 81.2 Å². The van der Waals surface area contributed by atoms with E-state index in [9.17, 15) is 71.8 Å². The molecule has 2 rings (SSSR count). The van der Waals surface area contributed by atoms with Gasteiger partial charge in [-0.25, -0.2) is 9.59 Å². The summed E-state index contributed by atoms with van der Waals surface area (Å²) in [4.78, 5) is 23.6. The molecule has 7 nitrogen and oxygen atoms in total. The molecule has 48 heavy (non-hydrogen) atoms. The topological polar surface area (TPSA) is 88.1 Å². The minimum atomic E-state index is -8.10. The zero-order chi connectivity index (χ0) is 36.9. The maximum Gasteiger partial charge on any atom is 0.460 e. The van der Waals surface area contributed by atoms with Crippen LogP contribution < -0.4 is 10.1 Å². The summed E-state index contributed by atoms with van der Waals surface area (Å²) in [7, 11) is 0. The number of rotatable bonds is 16. The summed E-state index contributed by atoms with van der Waals surface area (Å²) in [6.07, 6.45) is -8.90. The van der Waals surface area contributed by atoms with Gasteiger partial charge in [0.2, 0.25) is 0 Å². The fourth-order valence-electron chi connectivity index (χ4n) is 3.78. The van der Waals surface area contributed by atoms with Crippen LogP contribution in [-0.2, 0) is 16.0 Å². The normalized spacial score (nSPS) is 14.0. The first kappa shape index (κ1) is 40.5. The molecule has 0 bridgehead atoms. The van der Waals surface area contributed by atoms with Gasteiger partial charge in [-0.05, 0) is 36.8 Å². The second kappa shape index (κ2) is 14.8. The molecule has 0 saturated heterocycles. The molecule has 2 amide bonds. The highest BCUT2D eigenvalue weighted by atomic mass is 35.5. The van der Waals surface area contributed by atoms with E-state index in [4.69, 9.17) is 21.1 Å². The van der Waals surface area contributed by atoms with Gasteiger partial charge in [-0.15, -0.1) is 0 Å². The fraction of sp³-hybridized carbons (Fsp3) is 0.481. The number of carbonyl (C=O) groups excluding carboxylic acids is 1. The van der Waals surface area contributed by atoms with E-state index in [1.165, 1.54) is 36.4 Å². The molecule has 1 unspecified atom stereocenters. The van der Waals surface area contributed by atoms with Crippen LogP contribution in [0, 0.1) is 0 Å². The number of urea groups is 1. The van der Waals surface area contributed by atoms with Crippen LogP contribution in [0.25, 0.3) is 0 Å². The number of hydrogen-bond acceptors (Lipinski definition) is 4. The Balaban J connectivity index is 2.35. The number of anilines is 1. The first-order chi connectivity index (χ1) is 21.8. The van der Waals surface area contributed by atoms with Crippen molar-refractivity contribution in [2.24, 2.45) is 0 Å². The standard InChI is InChI=1S/C27H24ClF13N2O5/c1-2-47-19(20(44)45)13-15-7-9-16(10-8-15)48-12-11-43(21(46)42-18-6-4-3-5-17(18)28)14-22(29,30)23(31,32)24(33,34)25(35,36)26(37,38)27(39,40)41/h3-10,19H,2,11-14H2,1H3,(H,42,46)(H,44,45). The van der Waals surface area contributed by atoms with Crippen molar-refractivity contribution in [2.75, 3.05) is 31.6 Å². The van der Waals surface area contributed by atoms with E-state index in [2.05, 4.69) is 0 Å². The molecule has 0 spiro atoms. The van der Waals surface area contributed by atoms with Crippen molar-refractivity contribution in [2.45, 2.75) is 55.2 Å². The average Bonchev–Trinajstić information content (AvgIpc) is 2.97. The van der Waals surface area contributed by atoms with E-state index in [1.54, 1.807) is 6.92 Å². The van der Waals surface area contributed by atoms with E-state index >= 15 is 0 Å². The van der Waals surface area contributed by atoms with Crippen molar-refractivity contribution in [3.8, 4) is 5.75 Å². The molecule has 0 aliphatic carbocycles. The highest BCUT2D eigenvalue weighted by Crippen LogP contribution is 2.60. The van der Waals surface area contributed by atoms with Gasteiger partial charge < -0.3 is 24.8 Å². The predicted molar refractivity (Wildman–Crippen MR) is 142 cm³/mol. The minimum Gasteiger partial charge on any atom is -0.492 e. The molecule has 2 aromatic carbocycles. The maximum absolute atomic E-state index is 14.7. The minimum absolute atomic E-state index is 0.0732. The lowest BCUT2D eigenvalue weighted by Crippen LogP contribution is -2.71. The summed E-state index contributed by atoms with van der Waals surface area (Å²) in [5.74, 6) is -39.6. The molecule has 2 aromatic rings. The van der Waals surface area contributed by atoms with Crippen LogP contribution in [0.3, 0.4) is 0 Å². The molecule has 270 valence electrons. The fourth-order valence-corrected chi connectivity index (χ4v) is 3.96. The van der Waals surface area contributed by atoms with Crippen LogP contribution in [0.15, 0.2) is 48.5 Å². The number of carboxylic acids is 1. The number of ether oxygens (including phenoxy) is 2. The number of para-hydroxylation sites is 1. The zero-order valence-electron chi connectivity index (χ0n) is 24.1. The second-order valence-electron chi connectivity index (χ2n) is 9.81. The zero-order valence-corrected chi connectivity index (χ0v) is 24.8. The number of nitrogens with zero attached hydrogens (tertiary/aromatic N) is 1. The molecule has 0 aliphatic heterocycles. The van der Waals surface area contributed by atoms with Gasteiger partial charge in [0.1, 0.15) is 12.4 Å². The molecular weight excluding hydrogens is 715 g/mol. The number of alkyl halides is 13. The van der Waals surface area contributed by atoms with E-state index < -0.39 is 73.6 Å². The molecule has 0 radical (unpaired) electrons. The van der Waals surface area contributed by atoms with Gasteiger partial charge in [0, 0.05) is 13.0 Å². The van der Waals surface area contributed by atoms with Crippen LogP contribution in [0.4, 0.5) is 67.6 Å². The van der Waals surface area contributed by atoms with E-state index in [1.807, 2.05) is 5.32 Å². The molecule has 0 aliphatic rings. The van der Waals surface area contributed by atoms with Crippen LogP contribution in [0.1, 0.15) is 12.5 Å². The highest BCUT2D eigenvalue weighted by molar-refractivity contribution is 6.33. The largest absolute Gasteiger partial charge is 0.492 e. The SMILES string of the molecule is CCOC(Cc1ccc(OCCN(CC(F)(F)C(F)(F)C(F)(F)C(F)(F)C(F)(F)C(F)(F)F)C(=O)Nc2ccccc2Cl)cc1)C(=O)O. The Labute approximate surface area is 267 Å². The third-order valence-electron chi connectivity index (χ3n) is 6.41. The van der Waals surface area contributed by atoms with Gasteiger partial charge in [-0.3, -0.25) is 0 Å². The lowest BCUT2D eigenvalue weighted by atomic mass is 9.93. The van der Waals surface area contributed by atoms with Crippen LogP contribution >= 0.6 is 11.6 Å². The predicted octanol–water partition coefficient (Wildman–Crippen LogP) is 8.02. The third kappa shape index (κ3) is 8.48. The Morgan fingerprint density at radius 2 is 1.38 bits per heavy atom. The number of amides is 2. The van der Waals surface area contributed by atoms with Crippen molar-refractivity contribution in [1.29, 1.82) is 0 Å². The van der Waals surface area contributed by atoms with Crippen molar-refractivity contribution in [3.05, 3.63) is 59.1 Å². The summed E-state index contributed by atoms with van der Waals surface area (Å²) in [5.41, 5.74) is 0.0359. The van der Waals surface area contributed by atoms with Crippen molar-refractivity contribution >= 4 is 29.3 Å². The van der Waals surface area contributed by atoms with Crippen LogP contribution in [-0.4, -0.2) is 90.2 Å². The quantitative estimate of drug-likeness (QED) is 0.171. The van der Waals surface area contributed by atoms with Crippen LogP contribution in [0.5, 0.6) is 5.75 Å². The Morgan fingerprint density at radius 1 is 0.833 bits per heavy atom. The molecule has 0 heterocycles. The van der Waals surface area contributed by atoms with Gasteiger partial charge in [0.15, 0.2) is 6.10 Å². The molecule has 0 saturated carbocycles. The summed E-state index contributed by atoms with van der Waals surface area (Å²) in [6, 6.07) is 8.02. The first-order valence-corrected chi connectivity index (χ1v) is 13.5. The number of benzene rings is 2. The Morgan fingerprint density at radius 3 is 1.88 bits per heavy atom. The Kier molecular flexibility index (Phi) is 12.5. The number of carbonyl (C=O) groups is 2. The monoisotopic (exact) mass is 738 g/mol. The van der Waals surface area contributed by atoms with Gasteiger partial charge in [0.25, 0.3) is 0 Å². The summed E-state index contributed by atoms with van der Waals surface area (Å²) >= 11 is 5.82. The highest BCUT2D eigenvalue weighted by Gasteiger charge is 2.90. The second-order valence-corrected chi connectivity index (χ2v) is 10.2. The number of carboxylic acid groups (broad SMARTS) is 1. The Bertz CT molecular complexity index is 1410.